The number of hydrogen-bond acceptors (Lipinski definition) is 5. The molecule has 2 aliphatic carbocycles. The van der Waals surface area contributed by atoms with Gasteiger partial charge < -0.3 is 14.6 Å². The van der Waals surface area contributed by atoms with Crippen LogP contribution in [0.1, 0.15) is 40.0 Å². The Kier molecular flexibility index (Phi) is 3.59. The molecule has 0 aromatic carbocycles. The Morgan fingerprint density at radius 1 is 1.50 bits per heavy atom. The topological polar surface area (TPSA) is 72.8 Å². The van der Waals surface area contributed by atoms with Crippen LogP contribution in [0.15, 0.2) is 12.2 Å². The van der Waals surface area contributed by atoms with Gasteiger partial charge in [0.15, 0.2) is 0 Å². The molecule has 0 aromatic heterocycles. The third-order valence-electron chi connectivity index (χ3n) is 5.78. The van der Waals surface area contributed by atoms with Crippen LogP contribution in [0, 0.1) is 23.7 Å². The van der Waals surface area contributed by atoms with Gasteiger partial charge in [0, 0.05) is 31.6 Å². The van der Waals surface area contributed by atoms with Crippen LogP contribution < -0.4 is 0 Å². The van der Waals surface area contributed by atoms with E-state index in [4.69, 9.17) is 9.47 Å². The number of ether oxygens (including phenoxy) is 2. The van der Waals surface area contributed by atoms with Gasteiger partial charge in [0.2, 0.25) is 0 Å². The van der Waals surface area contributed by atoms with Crippen molar-refractivity contribution in [2.75, 3.05) is 0 Å². The van der Waals surface area contributed by atoms with Crippen molar-refractivity contribution < 1.29 is 24.2 Å². The van der Waals surface area contributed by atoms with Crippen LogP contribution in [-0.2, 0) is 19.1 Å². The Balaban J connectivity index is 1.92. The van der Waals surface area contributed by atoms with E-state index in [1.54, 1.807) is 6.92 Å². The van der Waals surface area contributed by atoms with Crippen molar-refractivity contribution in [3.05, 3.63) is 12.2 Å². The smallest absolute Gasteiger partial charge is 0.309 e. The SMILES string of the molecule is C=C1C[C@H]2OC(=O)[C@@H](C)C2C[C@@H]2[C@@H]1[C@@H](OC(C)=O)C[C@@]2(C)O. The van der Waals surface area contributed by atoms with Gasteiger partial charge in [0.05, 0.1) is 11.5 Å². The van der Waals surface area contributed by atoms with Crippen molar-refractivity contribution in [1.82, 2.24) is 0 Å². The first-order valence-corrected chi connectivity index (χ1v) is 7.98. The molecule has 3 fully saturated rings. The number of esters is 2. The molecule has 1 unspecified atom stereocenters. The first kappa shape index (κ1) is 15.5. The first-order valence-electron chi connectivity index (χ1n) is 7.98. The zero-order chi connectivity index (χ0) is 16.2. The summed E-state index contributed by atoms with van der Waals surface area (Å²) < 4.78 is 10.9. The molecule has 7 atom stereocenters. The van der Waals surface area contributed by atoms with Crippen LogP contribution in [0.3, 0.4) is 0 Å². The summed E-state index contributed by atoms with van der Waals surface area (Å²) in [5.74, 6) is -0.664. The zero-order valence-corrected chi connectivity index (χ0v) is 13.4. The van der Waals surface area contributed by atoms with Crippen molar-refractivity contribution in [2.24, 2.45) is 23.7 Å². The second-order valence-corrected chi connectivity index (χ2v) is 7.37. The van der Waals surface area contributed by atoms with Gasteiger partial charge in [-0.05, 0) is 19.3 Å². The van der Waals surface area contributed by atoms with Crippen LogP contribution in [-0.4, -0.2) is 34.9 Å². The highest BCUT2D eigenvalue weighted by molar-refractivity contribution is 5.75. The molecule has 5 heteroatoms. The summed E-state index contributed by atoms with van der Waals surface area (Å²) in [7, 11) is 0. The van der Waals surface area contributed by atoms with E-state index in [1.807, 2.05) is 6.92 Å². The van der Waals surface area contributed by atoms with E-state index in [-0.39, 0.29) is 47.8 Å². The molecule has 122 valence electrons. The van der Waals surface area contributed by atoms with Crippen molar-refractivity contribution in [3.8, 4) is 0 Å². The highest BCUT2D eigenvalue weighted by Gasteiger charge is 2.57. The molecule has 0 amide bonds. The third-order valence-corrected chi connectivity index (χ3v) is 5.78. The predicted molar refractivity (Wildman–Crippen MR) is 78.7 cm³/mol. The van der Waals surface area contributed by atoms with Crippen LogP contribution in [0.4, 0.5) is 0 Å². The minimum absolute atomic E-state index is 0.0590. The summed E-state index contributed by atoms with van der Waals surface area (Å²) in [4.78, 5) is 23.2. The Hall–Kier alpha value is -1.36. The van der Waals surface area contributed by atoms with E-state index >= 15 is 0 Å². The van der Waals surface area contributed by atoms with Crippen molar-refractivity contribution >= 4 is 11.9 Å². The molecule has 1 heterocycles. The van der Waals surface area contributed by atoms with E-state index in [0.29, 0.717) is 19.3 Å². The summed E-state index contributed by atoms with van der Waals surface area (Å²) in [5, 5.41) is 10.8. The van der Waals surface area contributed by atoms with Gasteiger partial charge >= 0.3 is 11.9 Å². The fourth-order valence-corrected chi connectivity index (χ4v) is 4.68. The Morgan fingerprint density at radius 3 is 2.82 bits per heavy atom. The summed E-state index contributed by atoms with van der Waals surface area (Å²) in [5.41, 5.74) is -0.00281. The Bertz CT molecular complexity index is 523. The molecule has 2 saturated carbocycles. The van der Waals surface area contributed by atoms with Crippen molar-refractivity contribution in [2.45, 2.75) is 57.8 Å². The van der Waals surface area contributed by atoms with Gasteiger partial charge in [-0.15, -0.1) is 0 Å². The molecular weight excluding hydrogens is 284 g/mol. The number of aliphatic hydroxyl groups is 1. The van der Waals surface area contributed by atoms with Crippen molar-refractivity contribution in [1.29, 1.82) is 0 Å². The standard InChI is InChI=1S/C17H24O5/c1-8-5-13-11(9(2)16(19)22-13)6-12-15(8)14(21-10(3)18)7-17(12,4)20/h9,11-15,20H,1,5-7H2,2-4H3/t9-,11?,12+,13+,14-,15+,17+/m0/s1. The van der Waals surface area contributed by atoms with Crippen LogP contribution in [0.2, 0.25) is 0 Å². The fraction of sp³-hybridized carbons (Fsp3) is 0.765. The summed E-state index contributed by atoms with van der Waals surface area (Å²) in [6.45, 7) is 9.23. The number of hydrogen-bond donors (Lipinski definition) is 1. The largest absolute Gasteiger partial charge is 0.462 e. The lowest BCUT2D eigenvalue weighted by atomic mass is 9.77. The van der Waals surface area contributed by atoms with E-state index in [2.05, 4.69) is 6.58 Å². The summed E-state index contributed by atoms with van der Waals surface area (Å²) in [6.07, 6.45) is 1.22. The minimum atomic E-state index is -0.923. The average molecular weight is 308 g/mol. The molecular formula is C17H24O5. The molecule has 0 spiro atoms. The number of carbonyl (C=O) groups excluding carboxylic acids is 2. The van der Waals surface area contributed by atoms with Crippen LogP contribution in [0.5, 0.6) is 0 Å². The average Bonchev–Trinajstić information content (AvgIpc) is 2.71. The first-order chi connectivity index (χ1) is 10.2. The molecule has 0 aromatic rings. The Morgan fingerprint density at radius 2 is 2.18 bits per heavy atom. The van der Waals surface area contributed by atoms with Gasteiger partial charge in [-0.1, -0.05) is 19.1 Å². The van der Waals surface area contributed by atoms with E-state index in [1.165, 1.54) is 6.92 Å². The van der Waals surface area contributed by atoms with Gasteiger partial charge in [0.1, 0.15) is 12.2 Å². The van der Waals surface area contributed by atoms with Gasteiger partial charge in [-0.2, -0.15) is 0 Å². The number of rotatable bonds is 1. The molecule has 0 bridgehead atoms. The second-order valence-electron chi connectivity index (χ2n) is 7.37. The number of fused-ring (bicyclic) bond motifs is 2. The van der Waals surface area contributed by atoms with E-state index in [0.717, 1.165) is 5.57 Å². The lowest BCUT2D eigenvalue weighted by molar-refractivity contribution is -0.148. The minimum Gasteiger partial charge on any atom is -0.462 e. The zero-order valence-electron chi connectivity index (χ0n) is 13.4. The molecule has 1 saturated heterocycles. The monoisotopic (exact) mass is 308 g/mol. The normalized spacial score (nSPS) is 47.5. The van der Waals surface area contributed by atoms with Gasteiger partial charge in [-0.3, -0.25) is 9.59 Å². The van der Waals surface area contributed by atoms with E-state index in [9.17, 15) is 14.7 Å². The number of carbonyl (C=O) groups is 2. The van der Waals surface area contributed by atoms with Gasteiger partial charge in [-0.25, -0.2) is 0 Å². The molecule has 5 nitrogen and oxygen atoms in total. The maximum Gasteiger partial charge on any atom is 0.309 e. The lowest BCUT2D eigenvalue weighted by Gasteiger charge is -2.30. The fourth-order valence-electron chi connectivity index (χ4n) is 4.68. The maximum absolute atomic E-state index is 11.8. The van der Waals surface area contributed by atoms with Crippen LogP contribution >= 0.6 is 0 Å². The molecule has 1 N–H and O–H groups in total. The van der Waals surface area contributed by atoms with Gasteiger partial charge in [0.25, 0.3) is 0 Å². The van der Waals surface area contributed by atoms with Crippen molar-refractivity contribution in [3.63, 3.8) is 0 Å². The molecule has 22 heavy (non-hydrogen) atoms. The summed E-state index contributed by atoms with van der Waals surface area (Å²) in [6, 6.07) is 0. The highest BCUT2D eigenvalue weighted by Crippen LogP contribution is 2.54. The Labute approximate surface area is 130 Å². The molecule has 3 aliphatic rings. The quantitative estimate of drug-likeness (QED) is 0.591. The predicted octanol–water partition coefficient (Wildman–Crippen LogP) is 1.83. The van der Waals surface area contributed by atoms with E-state index < -0.39 is 5.60 Å². The molecule has 1 aliphatic heterocycles. The maximum atomic E-state index is 11.8. The third kappa shape index (κ3) is 2.35. The second kappa shape index (κ2) is 5.08. The summed E-state index contributed by atoms with van der Waals surface area (Å²) >= 11 is 0. The highest BCUT2D eigenvalue weighted by atomic mass is 16.6. The molecule has 0 radical (unpaired) electrons. The van der Waals surface area contributed by atoms with Crippen LogP contribution in [0.25, 0.3) is 0 Å². The lowest BCUT2D eigenvalue weighted by Crippen LogP contribution is -2.34. The molecule has 3 rings (SSSR count).